The lowest BCUT2D eigenvalue weighted by molar-refractivity contribution is -0.124. The van der Waals surface area contributed by atoms with Crippen LogP contribution in [0, 0.1) is 5.92 Å². The fraction of sp³-hybridized carbons (Fsp3) is 0.917. The number of rotatable bonds is 4. The van der Waals surface area contributed by atoms with Crippen LogP contribution >= 0.6 is 0 Å². The fourth-order valence-electron chi connectivity index (χ4n) is 2.86. The van der Waals surface area contributed by atoms with Gasteiger partial charge in [0, 0.05) is 12.6 Å². The number of carbonyl (C=O) groups is 1. The summed E-state index contributed by atoms with van der Waals surface area (Å²) < 4.78 is 0. The molecule has 0 spiro atoms. The third-order valence-corrected chi connectivity index (χ3v) is 3.92. The molecule has 16 heavy (non-hydrogen) atoms. The molecule has 3 aliphatic heterocycles. The number of nitrogens with zero attached hydrogens (tertiary/aromatic N) is 1. The molecule has 2 bridgehead atoms. The summed E-state index contributed by atoms with van der Waals surface area (Å²) >= 11 is 0. The van der Waals surface area contributed by atoms with Gasteiger partial charge in [0.05, 0.1) is 6.04 Å². The van der Waals surface area contributed by atoms with Gasteiger partial charge in [-0.1, -0.05) is 13.3 Å². The van der Waals surface area contributed by atoms with Gasteiger partial charge in [0.2, 0.25) is 5.91 Å². The molecule has 3 fully saturated rings. The molecular weight excluding hydrogens is 202 g/mol. The molecule has 3 N–H and O–H groups in total. The smallest absolute Gasteiger partial charge is 0.237 e. The van der Waals surface area contributed by atoms with Gasteiger partial charge < -0.3 is 16.0 Å². The summed E-state index contributed by atoms with van der Waals surface area (Å²) in [5.41, 5.74) is 5.82. The Morgan fingerprint density at radius 3 is 2.69 bits per heavy atom. The summed E-state index contributed by atoms with van der Waals surface area (Å²) in [5.74, 6) is 0.725. The second-order valence-corrected chi connectivity index (χ2v) is 5.15. The lowest BCUT2D eigenvalue weighted by Gasteiger charge is -2.45. The van der Waals surface area contributed by atoms with Crippen LogP contribution in [0.2, 0.25) is 0 Å². The van der Waals surface area contributed by atoms with E-state index in [-0.39, 0.29) is 11.9 Å². The minimum atomic E-state index is -0.319. The van der Waals surface area contributed by atoms with E-state index in [0.29, 0.717) is 12.0 Å². The van der Waals surface area contributed by atoms with Gasteiger partial charge in [-0.15, -0.1) is 0 Å². The fourth-order valence-corrected chi connectivity index (χ4v) is 2.86. The van der Waals surface area contributed by atoms with E-state index in [1.807, 2.05) is 0 Å². The first kappa shape index (κ1) is 11.9. The minimum absolute atomic E-state index is 0.0422. The van der Waals surface area contributed by atoms with E-state index in [0.717, 1.165) is 19.4 Å². The third-order valence-electron chi connectivity index (χ3n) is 3.92. The monoisotopic (exact) mass is 225 g/mol. The van der Waals surface area contributed by atoms with Crippen molar-refractivity contribution in [2.45, 2.75) is 44.7 Å². The SMILES string of the molecule is CCCC(N)C(=O)NC1CN2CCC1CC2. The standard InChI is InChI=1S/C12H23N3O/c1-2-3-10(13)12(16)14-11-8-15-6-4-9(11)5-7-15/h9-11H,2-8,13H2,1H3,(H,14,16). The van der Waals surface area contributed by atoms with E-state index in [9.17, 15) is 4.79 Å². The largest absolute Gasteiger partial charge is 0.350 e. The zero-order chi connectivity index (χ0) is 11.5. The molecule has 2 unspecified atom stereocenters. The molecule has 3 heterocycles. The van der Waals surface area contributed by atoms with Crippen LogP contribution in [0.4, 0.5) is 0 Å². The number of amides is 1. The van der Waals surface area contributed by atoms with Crippen LogP contribution in [0.5, 0.6) is 0 Å². The summed E-state index contributed by atoms with van der Waals surface area (Å²) in [4.78, 5) is 14.3. The molecule has 0 saturated carbocycles. The summed E-state index contributed by atoms with van der Waals surface area (Å²) in [6.45, 7) is 5.49. The Morgan fingerprint density at radius 2 is 2.19 bits per heavy atom. The molecule has 3 rings (SSSR count). The maximum Gasteiger partial charge on any atom is 0.237 e. The lowest BCUT2D eigenvalue weighted by atomic mass is 9.84. The quantitative estimate of drug-likeness (QED) is 0.724. The van der Waals surface area contributed by atoms with Crippen LogP contribution in [0.15, 0.2) is 0 Å². The van der Waals surface area contributed by atoms with Gasteiger partial charge in [-0.2, -0.15) is 0 Å². The zero-order valence-corrected chi connectivity index (χ0v) is 10.1. The minimum Gasteiger partial charge on any atom is -0.350 e. The predicted octanol–water partition coefficient (Wildman–Crippen LogP) is 0.324. The van der Waals surface area contributed by atoms with Crippen molar-refractivity contribution in [3.63, 3.8) is 0 Å². The Labute approximate surface area is 97.6 Å². The number of nitrogens with two attached hydrogens (primary N) is 1. The zero-order valence-electron chi connectivity index (χ0n) is 10.1. The van der Waals surface area contributed by atoms with Crippen LogP contribution in [-0.2, 0) is 4.79 Å². The van der Waals surface area contributed by atoms with E-state index >= 15 is 0 Å². The first-order valence-corrected chi connectivity index (χ1v) is 6.49. The summed E-state index contributed by atoms with van der Waals surface area (Å²) in [6.07, 6.45) is 4.21. The number of fused-ring (bicyclic) bond motifs is 3. The summed E-state index contributed by atoms with van der Waals surface area (Å²) in [6, 6.07) is 0.0263. The molecular formula is C12H23N3O. The molecule has 92 valence electrons. The van der Waals surface area contributed by atoms with Crippen LogP contribution in [0.1, 0.15) is 32.6 Å². The van der Waals surface area contributed by atoms with Crippen LogP contribution in [0.25, 0.3) is 0 Å². The highest BCUT2D eigenvalue weighted by Gasteiger charge is 2.35. The molecule has 4 nitrogen and oxygen atoms in total. The first-order valence-electron chi connectivity index (χ1n) is 6.49. The molecule has 0 aromatic carbocycles. The summed E-state index contributed by atoms with van der Waals surface area (Å²) in [7, 11) is 0. The van der Waals surface area contributed by atoms with Crippen molar-refractivity contribution in [3.05, 3.63) is 0 Å². The Kier molecular flexibility index (Phi) is 3.82. The van der Waals surface area contributed by atoms with E-state index in [2.05, 4.69) is 17.1 Å². The Balaban J connectivity index is 1.83. The van der Waals surface area contributed by atoms with Gasteiger partial charge in [0.15, 0.2) is 0 Å². The van der Waals surface area contributed by atoms with E-state index < -0.39 is 0 Å². The van der Waals surface area contributed by atoms with E-state index in [1.165, 1.54) is 25.9 Å². The van der Waals surface area contributed by atoms with Gasteiger partial charge >= 0.3 is 0 Å². The number of carbonyl (C=O) groups excluding carboxylic acids is 1. The van der Waals surface area contributed by atoms with Gasteiger partial charge in [0.25, 0.3) is 0 Å². The topological polar surface area (TPSA) is 58.4 Å². The highest BCUT2D eigenvalue weighted by atomic mass is 16.2. The number of piperidine rings is 3. The average molecular weight is 225 g/mol. The number of hydrogen-bond acceptors (Lipinski definition) is 3. The highest BCUT2D eigenvalue weighted by Crippen LogP contribution is 2.27. The Bertz CT molecular complexity index is 249. The third kappa shape index (κ3) is 2.55. The second kappa shape index (κ2) is 5.15. The Morgan fingerprint density at radius 1 is 1.50 bits per heavy atom. The molecule has 1 amide bonds. The average Bonchev–Trinajstić information content (AvgIpc) is 2.31. The number of nitrogens with one attached hydrogen (secondary N) is 1. The van der Waals surface area contributed by atoms with Crippen molar-refractivity contribution < 1.29 is 4.79 Å². The molecule has 0 aromatic heterocycles. The molecule has 0 radical (unpaired) electrons. The number of hydrogen-bond donors (Lipinski definition) is 2. The normalized spacial score (nSPS) is 34.8. The van der Waals surface area contributed by atoms with Gasteiger partial charge in [0.1, 0.15) is 0 Å². The first-order chi connectivity index (χ1) is 7.70. The second-order valence-electron chi connectivity index (χ2n) is 5.15. The van der Waals surface area contributed by atoms with Crippen molar-refractivity contribution in [2.24, 2.45) is 11.7 Å². The van der Waals surface area contributed by atoms with Crippen LogP contribution in [-0.4, -0.2) is 42.5 Å². The highest BCUT2D eigenvalue weighted by molar-refractivity contribution is 5.81. The molecule has 3 saturated heterocycles. The van der Waals surface area contributed by atoms with Crippen molar-refractivity contribution in [3.8, 4) is 0 Å². The Hall–Kier alpha value is -0.610. The van der Waals surface area contributed by atoms with Gasteiger partial charge in [-0.3, -0.25) is 4.79 Å². The van der Waals surface area contributed by atoms with Crippen molar-refractivity contribution >= 4 is 5.91 Å². The van der Waals surface area contributed by atoms with Crippen molar-refractivity contribution in [2.75, 3.05) is 19.6 Å². The van der Waals surface area contributed by atoms with E-state index in [4.69, 9.17) is 5.73 Å². The van der Waals surface area contributed by atoms with Crippen molar-refractivity contribution in [1.82, 2.24) is 10.2 Å². The predicted molar refractivity (Wildman–Crippen MR) is 64.0 cm³/mol. The van der Waals surface area contributed by atoms with E-state index in [1.54, 1.807) is 0 Å². The van der Waals surface area contributed by atoms with Crippen LogP contribution in [0.3, 0.4) is 0 Å². The maximum absolute atomic E-state index is 11.8. The molecule has 4 heteroatoms. The summed E-state index contributed by atoms with van der Waals surface area (Å²) in [5, 5.41) is 3.13. The van der Waals surface area contributed by atoms with Crippen LogP contribution < -0.4 is 11.1 Å². The molecule has 2 atom stereocenters. The maximum atomic E-state index is 11.8. The van der Waals surface area contributed by atoms with Crippen molar-refractivity contribution in [1.29, 1.82) is 0 Å². The molecule has 0 aromatic rings. The lowest BCUT2D eigenvalue weighted by Crippen LogP contribution is -2.59. The van der Waals surface area contributed by atoms with Gasteiger partial charge in [-0.05, 0) is 38.3 Å². The molecule has 3 aliphatic rings. The van der Waals surface area contributed by atoms with Gasteiger partial charge in [-0.25, -0.2) is 0 Å². The molecule has 0 aliphatic carbocycles.